The molecule has 1 N–H and O–H groups in total. The Hall–Kier alpha value is -1.09. The van der Waals surface area contributed by atoms with Crippen LogP contribution in [0.1, 0.15) is 5.56 Å². The number of aliphatic hydroxyl groups is 1. The molecule has 2 saturated heterocycles. The predicted octanol–water partition coefficient (Wildman–Crippen LogP) is 2.13. The van der Waals surface area contributed by atoms with Crippen LogP contribution < -0.4 is 4.90 Å². The topological polar surface area (TPSA) is 48.8 Å². The van der Waals surface area contributed by atoms with E-state index in [2.05, 4.69) is 9.88 Å². The first kappa shape index (κ1) is 18.7. The lowest BCUT2D eigenvalue weighted by molar-refractivity contribution is -0.137. The largest absolute Gasteiger partial charge is 0.420 e. The van der Waals surface area contributed by atoms with Crippen LogP contribution in [-0.4, -0.2) is 67.5 Å². The van der Waals surface area contributed by atoms with Gasteiger partial charge in [-0.3, -0.25) is 4.90 Å². The van der Waals surface area contributed by atoms with Crippen molar-refractivity contribution in [1.82, 2.24) is 9.88 Å². The highest BCUT2D eigenvalue weighted by molar-refractivity contribution is 6.30. The van der Waals surface area contributed by atoms with Gasteiger partial charge in [0.25, 0.3) is 0 Å². The first-order chi connectivity index (χ1) is 11.9. The third kappa shape index (κ3) is 4.36. The Kier molecular flexibility index (Phi) is 5.72. The van der Waals surface area contributed by atoms with E-state index in [0.29, 0.717) is 26.3 Å². The summed E-state index contributed by atoms with van der Waals surface area (Å²) in [5.41, 5.74) is -0.830. The molecule has 25 heavy (non-hydrogen) atoms. The Balaban J connectivity index is 1.77. The van der Waals surface area contributed by atoms with Crippen LogP contribution in [0.15, 0.2) is 12.3 Å². The minimum absolute atomic E-state index is 0.0427. The number of aromatic nitrogens is 1. The molecule has 0 bridgehead atoms. The van der Waals surface area contributed by atoms with E-state index in [9.17, 15) is 18.3 Å². The van der Waals surface area contributed by atoms with Gasteiger partial charge in [-0.15, -0.1) is 0 Å². The fourth-order valence-corrected chi connectivity index (χ4v) is 3.69. The van der Waals surface area contributed by atoms with Crippen molar-refractivity contribution in [2.45, 2.75) is 6.18 Å². The summed E-state index contributed by atoms with van der Waals surface area (Å²) in [5, 5.41) is 9.63. The van der Waals surface area contributed by atoms with Gasteiger partial charge in [0, 0.05) is 51.4 Å². The number of alkyl halides is 3. The monoisotopic (exact) mass is 379 g/mol. The van der Waals surface area contributed by atoms with Crippen molar-refractivity contribution < 1.29 is 23.0 Å². The van der Waals surface area contributed by atoms with Crippen LogP contribution >= 0.6 is 11.6 Å². The molecular weight excluding hydrogens is 359 g/mol. The molecule has 0 spiro atoms. The van der Waals surface area contributed by atoms with Gasteiger partial charge in [-0.1, -0.05) is 11.6 Å². The molecular formula is C16H21ClF3N3O2. The Morgan fingerprint density at radius 1 is 1.24 bits per heavy atom. The summed E-state index contributed by atoms with van der Waals surface area (Å²) in [7, 11) is 0. The summed E-state index contributed by atoms with van der Waals surface area (Å²) in [6.07, 6.45) is -3.29. The number of aliphatic hydroxyl groups excluding tert-OH is 1. The van der Waals surface area contributed by atoms with E-state index < -0.39 is 11.7 Å². The lowest BCUT2D eigenvalue weighted by atomic mass is 9.96. The molecule has 2 fully saturated rings. The molecule has 0 amide bonds. The van der Waals surface area contributed by atoms with E-state index in [4.69, 9.17) is 16.3 Å². The van der Waals surface area contributed by atoms with E-state index in [1.54, 1.807) is 4.90 Å². The number of hydrogen-bond acceptors (Lipinski definition) is 5. The molecule has 0 aromatic carbocycles. The zero-order valence-electron chi connectivity index (χ0n) is 13.7. The molecule has 0 aliphatic carbocycles. The lowest BCUT2D eigenvalue weighted by Gasteiger charge is -2.30. The zero-order valence-corrected chi connectivity index (χ0v) is 14.4. The second-order valence-corrected chi connectivity index (χ2v) is 6.98. The molecule has 2 aliphatic rings. The molecule has 0 saturated carbocycles. The summed E-state index contributed by atoms with van der Waals surface area (Å²) in [5.74, 6) is -0.108. The molecule has 1 aromatic heterocycles. The second-order valence-electron chi connectivity index (χ2n) is 6.54. The summed E-state index contributed by atoms with van der Waals surface area (Å²) in [6.45, 7) is 4.40. The van der Waals surface area contributed by atoms with E-state index in [0.717, 1.165) is 25.7 Å². The molecule has 3 rings (SSSR count). The van der Waals surface area contributed by atoms with Gasteiger partial charge in [0.05, 0.1) is 23.8 Å². The number of ether oxygens (including phenoxy) is 1. The van der Waals surface area contributed by atoms with Crippen molar-refractivity contribution in [2.24, 2.45) is 11.8 Å². The molecule has 140 valence electrons. The standard InChI is InChI=1S/C16H21ClF3N3O2/c17-13-5-14(16(18,19)20)15(21-6-13)23-8-11(12(9-23)10-24)7-22-1-3-25-4-2-22/h5-6,11-12,24H,1-4,7-10H2/t11-,12-/m0/s1. The van der Waals surface area contributed by atoms with Gasteiger partial charge in [0.2, 0.25) is 0 Å². The second kappa shape index (κ2) is 7.65. The van der Waals surface area contributed by atoms with E-state index in [1.165, 1.54) is 6.20 Å². The van der Waals surface area contributed by atoms with E-state index in [1.807, 2.05) is 0 Å². The lowest BCUT2D eigenvalue weighted by Crippen LogP contribution is -2.41. The normalized spacial score (nSPS) is 25.6. The number of morpholine rings is 1. The van der Waals surface area contributed by atoms with Crippen LogP contribution in [-0.2, 0) is 10.9 Å². The molecule has 0 radical (unpaired) electrons. The van der Waals surface area contributed by atoms with Crippen molar-refractivity contribution in [3.8, 4) is 0 Å². The van der Waals surface area contributed by atoms with E-state index in [-0.39, 0.29) is 29.3 Å². The number of pyridine rings is 1. The Morgan fingerprint density at radius 2 is 1.92 bits per heavy atom. The molecule has 2 aliphatic heterocycles. The SMILES string of the molecule is OC[C@@H]1CN(c2ncc(Cl)cc2C(F)(F)F)C[C@@H]1CN1CCOCC1. The van der Waals surface area contributed by atoms with Gasteiger partial charge in [-0.05, 0) is 12.0 Å². The number of anilines is 1. The molecule has 1 aromatic rings. The molecule has 0 unspecified atom stereocenters. The van der Waals surface area contributed by atoms with Crippen LogP contribution in [0.3, 0.4) is 0 Å². The van der Waals surface area contributed by atoms with Gasteiger partial charge >= 0.3 is 6.18 Å². The predicted molar refractivity (Wildman–Crippen MR) is 87.8 cm³/mol. The van der Waals surface area contributed by atoms with Gasteiger partial charge in [-0.2, -0.15) is 13.2 Å². The number of rotatable bonds is 4. The highest BCUT2D eigenvalue weighted by atomic mass is 35.5. The number of halogens is 4. The summed E-state index contributed by atoms with van der Waals surface area (Å²) in [4.78, 5) is 7.79. The van der Waals surface area contributed by atoms with Crippen molar-refractivity contribution in [2.75, 3.05) is 57.4 Å². The third-order valence-corrected chi connectivity index (χ3v) is 5.05. The number of nitrogens with zero attached hydrogens (tertiary/aromatic N) is 3. The van der Waals surface area contributed by atoms with Crippen molar-refractivity contribution in [3.05, 3.63) is 22.8 Å². The van der Waals surface area contributed by atoms with Crippen LogP contribution in [0.4, 0.5) is 19.0 Å². The fourth-order valence-electron chi connectivity index (χ4n) is 3.53. The quantitative estimate of drug-likeness (QED) is 0.868. The van der Waals surface area contributed by atoms with Crippen LogP contribution in [0.5, 0.6) is 0 Å². The van der Waals surface area contributed by atoms with Crippen LogP contribution in [0.25, 0.3) is 0 Å². The van der Waals surface area contributed by atoms with Gasteiger partial charge in [-0.25, -0.2) is 4.98 Å². The first-order valence-electron chi connectivity index (χ1n) is 8.27. The maximum Gasteiger partial charge on any atom is 0.420 e. The fraction of sp³-hybridized carbons (Fsp3) is 0.688. The van der Waals surface area contributed by atoms with Gasteiger partial charge < -0.3 is 14.7 Å². The molecule has 2 atom stereocenters. The number of hydrogen-bond donors (Lipinski definition) is 1. The average molecular weight is 380 g/mol. The van der Waals surface area contributed by atoms with Crippen molar-refractivity contribution in [3.63, 3.8) is 0 Å². The summed E-state index contributed by atoms with van der Waals surface area (Å²) < 4.78 is 45.3. The molecule has 9 heteroatoms. The van der Waals surface area contributed by atoms with Crippen molar-refractivity contribution in [1.29, 1.82) is 0 Å². The van der Waals surface area contributed by atoms with Crippen molar-refractivity contribution >= 4 is 17.4 Å². The zero-order chi connectivity index (χ0) is 18.0. The summed E-state index contributed by atoms with van der Waals surface area (Å²) >= 11 is 5.70. The van der Waals surface area contributed by atoms with Gasteiger partial charge in [0.1, 0.15) is 5.82 Å². The van der Waals surface area contributed by atoms with Crippen LogP contribution in [0.2, 0.25) is 5.02 Å². The van der Waals surface area contributed by atoms with Gasteiger partial charge in [0.15, 0.2) is 0 Å². The Bertz CT molecular complexity index is 596. The minimum Gasteiger partial charge on any atom is -0.396 e. The summed E-state index contributed by atoms with van der Waals surface area (Å²) in [6, 6.07) is 0.910. The molecule has 3 heterocycles. The minimum atomic E-state index is -4.52. The average Bonchev–Trinajstić information content (AvgIpc) is 2.97. The Morgan fingerprint density at radius 3 is 2.56 bits per heavy atom. The first-order valence-corrected chi connectivity index (χ1v) is 8.65. The third-order valence-electron chi connectivity index (χ3n) is 4.85. The highest BCUT2D eigenvalue weighted by Gasteiger charge is 2.40. The maximum atomic E-state index is 13.3. The smallest absolute Gasteiger partial charge is 0.396 e. The van der Waals surface area contributed by atoms with E-state index >= 15 is 0 Å². The molecule has 5 nitrogen and oxygen atoms in total. The maximum absolute atomic E-state index is 13.3. The van der Waals surface area contributed by atoms with Crippen LogP contribution in [0, 0.1) is 11.8 Å². The highest BCUT2D eigenvalue weighted by Crippen LogP contribution is 2.39. The Labute approximate surface area is 149 Å².